The molecule has 0 amide bonds. The average molecular weight is 396 g/mol. The highest BCUT2D eigenvalue weighted by Gasteiger charge is 2.35. The van der Waals surface area contributed by atoms with E-state index < -0.39 is 0 Å². The molecular formula is C13H19ClIN3O. The van der Waals surface area contributed by atoms with Crippen LogP contribution < -0.4 is 15.8 Å². The highest BCUT2D eigenvalue weighted by atomic mass is 127. The Labute approximate surface area is 135 Å². The van der Waals surface area contributed by atoms with E-state index in [1.165, 1.54) is 0 Å². The van der Waals surface area contributed by atoms with Gasteiger partial charge in [0.05, 0.1) is 18.2 Å². The highest BCUT2D eigenvalue weighted by Crippen LogP contribution is 2.36. The number of nitrogens with two attached hydrogens (primary N) is 1. The summed E-state index contributed by atoms with van der Waals surface area (Å²) in [6, 6.07) is 5.81. The number of rotatable bonds is 4. The van der Waals surface area contributed by atoms with Crippen LogP contribution in [0.4, 0.5) is 5.69 Å². The first-order chi connectivity index (χ1) is 8.63. The van der Waals surface area contributed by atoms with Crippen molar-refractivity contribution in [2.24, 2.45) is 16.6 Å². The second-order valence-corrected chi connectivity index (χ2v) is 4.87. The number of halogens is 2. The number of hydrogen-bond donors (Lipinski definition) is 2. The minimum absolute atomic E-state index is 0. The van der Waals surface area contributed by atoms with Crippen LogP contribution in [0.1, 0.15) is 19.8 Å². The molecule has 6 heteroatoms. The summed E-state index contributed by atoms with van der Waals surface area (Å²) in [7, 11) is 1.59. The molecule has 0 aromatic heterocycles. The van der Waals surface area contributed by atoms with Gasteiger partial charge in [-0.1, -0.05) is 24.9 Å². The molecule has 1 fully saturated rings. The van der Waals surface area contributed by atoms with Gasteiger partial charge in [-0.3, -0.25) is 0 Å². The molecule has 4 nitrogen and oxygen atoms in total. The predicted octanol–water partition coefficient (Wildman–Crippen LogP) is 3.49. The molecule has 1 aliphatic rings. The van der Waals surface area contributed by atoms with Gasteiger partial charge in [0.1, 0.15) is 5.75 Å². The molecule has 2 atom stereocenters. The number of ether oxygens (including phenoxy) is 1. The Balaban J connectivity index is 0.00000180. The van der Waals surface area contributed by atoms with Crippen LogP contribution in [-0.2, 0) is 0 Å². The zero-order chi connectivity index (χ0) is 13.1. The van der Waals surface area contributed by atoms with Crippen LogP contribution >= 0.6 is 35.6 Å². The Morgan fingerprint density at radius 1 is 1.58 bits per heavy atom. The average Bonchev–Trinajstić information content (AvgIpc) is 3.07. The third-order valence-corrected chi connectivity index (χ3v) is 3.43. The third-order valence-electron chi connectivity index (χ3n) is 3.14. The molecule has 0 unspecified atom stereocenters. The van der Waals surface area contributed by atoms with E-state index in [1.54, 1.807) is 19.2 Å². The number of hydrogen-bond acceptors (Lipinski definition) is 2. The summed E-state index contributed by atoms with van der Waals surface area (Å²) in [6.07, 6.45) is 2.30. The van der Waals surface area contributed by atoms with E-state index in [0.29, 0.717) is 28.7 Å². The van der Waals surface area contributed by atoms with Crippen molar-refractivity contribution in [3.05, 3.63) is 23.2 Å². The molecule has 0 bridgehead atoms. The second-order valence-electron chi connectivity index (χ2n) is 4.46. The molecule has 0 radical (unpaired) electrons. The number of anilines is 1. The quantitative estimate of drug-likeness (QED) is 0.466. The van der Waals surface area contributed by atoms with Crippen molar-refractivity contribution in [2.45, 2.75) is 25.8 Å². The maximum Gasteiger partial charge on any atom is 0.193 e. The van der Waals surface area contributed by atoms with Gasteiger partial charge in [0, 0.05) is 5.69 Å². The van der Waals surface area contributed by atoms with Gasteiger partial charge < -0.3 is 15.8 Å². The number of nitrogens with zero attached hydrogens (tertiary/aromatic N) is 1. The normalized spacial score (nSPS) is 21.5. The van der Waals surface area contributed by atoms with Crippen molar-refractivity contribution in [3.8, 4) is 5.75 Å². The molecule has 0 saturated heterocycles. The Bertz CT molecular complexity index is 467. The summed E-state index contributed by atoms with van der Waals surface area (Å²) in [6.45, 7) is 2.17. The van der Waals surface area contributed by atoms with Gasteiger partial charge in [0.15, 0.2) is 5.96 Å². The largest absolute Gasteiger partial charge is 0.495 e. The molecule has 1 aromatic carbocycles. The van der Waals surface area contributed by atoms with Crippen LogP contribution in [0.3, 0.4) is 0 Å². The van der Waals surface area contributed by atoms with Gasteiger partial charge in [0.25, 0.3) is 0 Å². The van der Waals surface area contributed by atoms with Crippen molar-refractivity contribution in [2.75, 3.05) is 12.4 Å². The maximum absolute atomic E-state index is 6.03. The van der Waals surface area contributed by atoms with Gasteiger partial charge in [0.2, 0.25) is 0 Å². The van der Waals surface area contributed by atoms with E-state index >= 15 is 0 Å². The van der Waals surface area contributed by atoms with E-state index in [0.717, 1.165) is 18.5 Å². The number of guanidine groups is 1. The van der Waals surface area contributed by atoms with Crippen LogP contribution in [-0.4, -0.2) is 19.1 Å². The lowest BCUT2D eigenvalue weighted by atomic mass is 10.3. The topological polar surface area (TPSA) is 59.6 Å². The minimum atomic E-state index is 0. The predicted molar refractivity (Wildman–Crippen MR) is 90.9 cm³/mol. The Morgan fingerprint density at radius 3 is 2.84 bits per heavy atom. The first kappa shape index (κ1) is 16.4. The van der Waals surface area contributed by atoms with Gasteiger partial charge >= 0.3 is 0 Å². The molecule has 0 heterocycles. The molecule has 0 aliphatic heterocycles. The summed E-state index contributed by atoms with van der Waals surface area (Å²) in [5.74, 6) is 1.79. The van der Waals surface area contributed by atoms with E-state index in [2.05, 4.69) is 17.2 Å². The maximum atomic E-state index is 6.03. The summed E-state index contributed by atoms with van der Waals surface area (Å²) in [5.41, 5.74) is 6.66. The SMILES string of the molecule is CC[C@@H]1C[C@H]1N=C(N)Nc1ccc(OC)c(Cl)c1.I. The minimum Gasteiger partial charge on any atom is -0.495 e. The lowest BCUT2D eigenvalue weighted by Crippen LogP contribution is -2.23. The summed E-state index contributed by atoms with van der Waals surface area (Å²) >= 11 is 6.03. The van der Waals surface area contributed by atoms with E-state index in [4.69, 9.17) is 22.1 Å². The first-order valence-electron chi connectivity index (χ1n) is 6.08. The van der Waals surface area contributed by atoms with Gasteiger partial charge in [-0.05, 0) is 30.5 Å². The molecule has 3 N–H and O–H groups in total. The van der Waals surface area contributed by atoms with Crippen LogP contribution in [0.25, 0.3) is 0 Å². The van der Waals surface area contributed by atoms with Crippen LogP contribution in [0, 0.1) is 5.92 Å². The Morgan fingerprint density at radius 2 is 2.32 bits per heavy atom. The molecular weight excluding hydrogens is 377 g/mol. The number of nitrogens with one attached hydrogen (secondary N) is 1. The zero-order valence-corrected chi connectivity index (χ0v) is 14.1. The summed E-state index contributed by atoms with van der Waals surface area (Å²) < 4.78 is 5.09. The fraction of sp³-hybridized carbons (Fsp3) is 0.462. The van der Waals surface area contributed by atoms with Crippen molar-refractivity contribution in [1.82, 2.24) is 0 Å². The Hall–Kier alpha value is -0.690. The van der Waals surface area contributed by atoms with E-state index in [-0.39, 0.29) is 24.0 Å². The lowest BCUT2D eigenvalue weighted by Gasteiger charge is -2.08. The molecule has 1 aromatic rings. The fourth-order valence-corrected chi connectivity index (χ4v) is 2.19. The number of methoxy groups -OCH3 is 1. The third kappa shape index (κ3) is 4.42. The highest BCUT2D eigenvalue weighted by molar-refractivity contribution is 14.0. The smallest absolute Gasteiger partial charge is 0.193 e. The van der Waals surface area contributed by atoms with Gasteiger partial charge in [-0.2, -0.15) is 0 Å². The van der Waals surface area contributed by atoms with Crippen LogP contribution in [0.5, 0.6) is 5.75 Å². The van der Waals surface area contributed by atoms with Crippen molar-refractivity contribution in [3.63, 3.8) is 0 Å². The van der Waals surface area contributed by atoms with Gasteiger partial charge in [-0.25, -0.2) is 4.99 Å². The fourth-order valence-electron chi connectivity index (χ4n) is 1.93. The monoisotopic (exact) mass is 395 g/mol. The summed E-state index contributed by atoms with van der Waals surface area (Å²) in [4.78, 5) is 4.42. The van der Waals surface area contributed by atoms with Crippen molar-refractivity contribution >= 4 is 47.2 Å². The molecule has 1 aliphatic carbocycles. The molecule has 2 rings (SSSR count). The Kier molecular flexibility index (Phi) is 6.19. The molecule has 0 spiro atoms. The van der Waals surface area contributed by atoms with Gasteiger partial charge in [-0.15, -0.1) is 24.0 Å². The van der Waals surface area contributed by atoms with E-state index in [1.807, 2.05) is 6.07 Å². The molecule has 1 saturated carbocycles. The van der Waals surface area contributed by atoms with Crippen LogP contribution in [0.15, 0.2) is 23.2 Å². The van der Waals surface area contributed by atoms with Crippen molar-refractivity contribution < 1.29 is 4.74 Å². The summed E-state index contributed by atoms with van der Waals surface area (Å²) in [5, 5.41) is 3.59. The molecule has 106 valence electrons. The first-order valence-corrected chi connectivity index (χ1v) is 6.45. The number of aliphatic imine (C=N–C) groups is 1. The van der Waals surface area contributed by atoms with E-state index in [9.17, 15) is 0 Å². The number of benzene rings is 1. The molecule has 19 heavy (non-hydrogen) atoms. The van der Waals surface area contributed by atoms with Crippen LogP contribution in [0.2, 0.25) is 5.02 Å². The van der Waals surface area contributed by atoms with Crippen molar-refractivity contribution in [1.29, 1.82) is 0 Å². The zero-order valence-electron chi connectivity index (χ0n) is 11.0. The second kappa shape index (κ2) is 7.19. The standard InChI is InChI=1S/C13H18ClN3O.HI/c1-3-8-6-11(8)17-13(15)16-9-4-5-12(18-2)10(14)7-9;/h4-5,7-8,11H,3,6H2,1-2H3,(H3,15,16,17);1H/t8-,11-;/m1./s1. The lowest BCUT2D eigenvalue weighted by molar-refractivity contribution is 0.415.